The largest absolute Gasteiger partial charge is 0.399 e. The topological polar surface area (TPSA) is 47.1 Å². The van der Waals surface area contributed by atoms with E-state index in [1.165, 1.54) is 11.3 Å². The van der Waals surface area contributed by atoms with Crippen molar-refractivity contribution in [2.24, 2.45) is 0 Å². The third-order valence-corrected chi connectivity index (χ3v) is 4.38. The number of nitrogens with zero attached hydrogens (tertiary/aromatic N) is 3. The molecule has 2 N–H and O–H groups in total. The van der Waals surface area contributed by atoms with Gasteiger partial charge in [-0.15, -0.1) is 0 Å². The van der Waals surface area contributed by atoms with Crippen LogP contribution in [0.15, 0.2) is 18.2 Å². The molecule has 0 saturated heterocycles. The number of halogens is 1. The van der Waals surface area contributed by atoms with Crippen molar-refractivity contribution in [2.75, 3.05) is 17.2 Å². The second-order valence-electron chi connectivity index (χ2n) is 5.22. The number of hydrogen-bond acceptors (Lipinski definition) is 3. The molecular formula is C15H19ClN4. The fourth-order valence-corrected chi connectivity index (χ4v) is 3.05. The average molecular weight is 291 g/mol. The predicted octanol–water partition coefficient (Wildman–Crippen LogP) is 3.01. The Morgan fingerprint density at radius 3 is 2.95 bits per heavy atom. The summed E-state index contributed by atoms with van der Waals surface area (Å²) >= 11 is 6.39. The lowest BCUT2D eigenvalue weighted by atomic mass is 10.1. The summed E-state index contributed by atoms with van der Waals surface area (Å²) in [6, 6.07) is 6.13. The van der Waals surface area contributed by atoms with E-state index < -0.39 is 0 Å². The van der Waals surface area contributed by atoms with E-state index in [9.17, 15) is 0 Å². The number of aryl methyl sites for hydroxylation is 2. The van der Waals surface area contributed by atoms with Crippen LogP contribution in [-0.4, -0.2) is 16.3 Å². The summed E-state index contributed by atoms with van der Waals surface area (Å²) < 4.78 is 1.99. The van der Waals surface area contributed by atoms with Crippen molar-refractivity contribution >= 4 is 23.0 Å². The SMILES string of the molecule is CCn1nc(C)c(Cl)c1CN1CCc2cc(N)ccc21. The quantitative estimate of drug-likeness (QED) is 0.884. The van der Waals surface area contributed by atoms with Crippen molar-refractivity contribution in [1.29, 1.82) is 0 Å². The third-order valence-electron chi connectivity index (χ3n) is 3.89. The molecular weight excluding hydrogens is 272 g/mol. The van der Waals surface area contributed by atoms with Crippen LogP contribution in [0.4, 0.5) is 11.4 Å². The highest BCUT2D eigenvalue weighted by atomic mass is 35.5. The minimum atomic E-state index is 0.788. The first kappa shape index (κ1) is 13.3. The molecule has 2 aromatic rings. The fraction of sp³-hybridized carbons (Fsp3) is 0.400. The number of aromatic nitrogens is 2. The normalized spacial score (nSPS) is 13.8. The minimum absolute atomic E-state index is 0.788. The smallest absolute Gasteiger partial charge is 0.0865 e. The molecule has 0 saturated carbocycles. The molecule has 0 atom stereocenters. The van der Waals surface area contributed by atoms with Gasteiger partial charge in [-0.25, -0.2) is 0 Å². The molecule has 3 rings (SSSR count). The Hall–Kier alpha value is -1.68. The van der Waals surface area contributed by atoms with Crippen molar-refractivity contribution < 1.29 is 0 Å². The molecule has 1 aliphatic heterocycles. The zero-order chi connectivity index (χ0) is 14.3. The van der Waals surface area contributed by atoms with Crippen LogP contribution < -0.4 is 10.6 Å². The van der Waals surface area contributed by atoms with Crippen LogP contribution in [0.25, 0.3) is 0 Å². The summed E-state index contributed by atoms with van der Waals surface area (Å²) in [4.78, 5) is 2.35. The van der Waals surface area contributed by atoms with E-state index in [2.05, 4.69) is 29.1 Å². The molecule has 1 aromatic carbocycles. The van der Waals surface area contributed by atoms with Gasteiger partial charge in [-0.2, -0.15) is 5.10 Å². The van der Waals surface area contributed by atoms with Crippen molar-refractivity contribution in [3.8, 4) is 0 Å². The van der Waals surface area contributed by atoms with E-state index in [0.29, 0.717) is 0 Å². The average Bonchev–Trinajstić information content (AvgIpc) is 2.94. The zero-order valence-corrected chi connectivity index (χ0v) is 12.6. The Kier molecular flexibility index (Phi) is 3.34. The van der Waals surface area contributed by atoms with Gasteiger partial charge in [0.1, 0.15) is 0 Å². The maximum atomic E-state index is 6.39. The van der Waals surface area contributed by atoms with Crippen molar-refractivity contribution in [3.63, 3.8) is 0 Å². The van der Waals surface area contributed by atoms with Crippen LogP contribution in [-0.2, 0) is 19.5 Å². The minimum Gasteiger partial charge on any atom is -0.399 e. The summed E-state index contributed by atoms with van der Waals surface area (Å²) in [6.07, 6.45) is 1.04. The number of hydrogen-bond donors (Lipinski definition) is 1. The summed E-state index contributed by atoms with van der Waals surface area (Å²) in [7, 11) is 0. The summed E-state index contributed by atoms with van der Waals surface area (Å²) in [6.45, 7) is 6.68. The van der Waals surface area contributed by atoms with E-state index in [1.807, 2.05) is 17.7 Å². The first-order valence-electron chi connectivity index (χ1n) is 6.95. The fourth-order valence-electron chi connectivity index (χ4n) is 2.86. The molecule has 5 heteroatoms. The highest BCUT2D eigenvalue weighted by Crippen LogP contribution is 2.32. The van der Waals surface area contributed by atoms with Crippen LogP contribution in [0.3, 0.4) is 0 Å². The molecule has 0 spiro atoms. The van der Waals surface area contributed by atoms with Crippen LogP contribution in [0, 0.1) is 6.92 Å². The molecule has 106 valence electrons. The summed E-state index contributed by atoms with van der Waals surface area (Å²) in [5.74, 6) is 0. The van der Waals surface area contributed by atoms with Gasteiger partial charge in [0.2, 0.25) is 0 Å². The summed E-state index contributed by atoms with van der Waals surface area (Å²) in [5.41, 5.74) is 11.3. The lowest BCUT2D eigenvalue weighted by molar-refractivity contribution is 0.609. The monoisotopic (exact) mass is 290 g/mol. The van der Waals surface area contributed by atoms with Gasteiger partial charge < -0.3 is 10.6 Å². The van der Waals surface area contributed by atoms with Gasteiger partial charge in [0, 0.05) is 24.5 Å². The lowest BCUT2D eigenvalue weighted by Gasteiger charge is -2.20. The van der Waals surface area contributed by atoms with Gasteiger partial charge in [-0.05, 0) is 44.0 Å². The highest BCUT2D eigenvalue weighted by Gasteiger charge is 2.22. The van der Waals surface area contributed by atoms with Crippen molar-refractivity contribution in [2.45, 2.75) is 33.4 Å². The molecule has 1 aromatic heterocycles. The Balaban J connectivity index is 1.91. The Bertz CT molecular complexity index is 648. The number of nitrogens with two attached hydrogens (primary N) is 1. The van der Waals surface area contributed by atoms with E-state index in [-0.39, 0.29) is 0 Å². The van der Waals surface area contributed by atoms with Gasteiger partial charge >= 0.3 is 0 Å². The van der Waals surface area contributed by atoms with Gasteiger partial charge in [0.05, 0.1) is 23.0 Å². The second kappa shape index (κ2) is 5.02. The molecule has 1 aliphatic rings. The molecule has 4 nitrogen and oxygen atoms in total. The molecule has 0 fully saturated rings. The molecule has 20 heavy (non-hydrogen) atoms. The molecule has 0 bridgehead atoms. The first-order valence-corrected chi connectivity index (χ1v) is 7.33. The number of rotatable bonds is 3. The lowest BCUT2D eigenvalue weighted by Crippen LogP contribution is -2.22. The van der Waals surface area contributed by atoms with Crippen LogP contribution >= 0.6 is 11.6 Å². The Morgan fingerprint density at radius 1 is 1.40 bits per heavy atom. The van der Waals surface area contributed by atoms with E-state index in [1.54, 1.807) is 0 Å². The number of anilines is 2. The van der Waals surface area contributed by atoms with Gasteiger partial charge in [-0.1, -0.05) is 11.6 Å². The maximum Gasteiger partial charge on any atom is 0.0865 e. The van der Waals surface area contributed by atoms with Crippen LogP contribution in [0.1, 0.15) is 23.9 Å². The Morgan fingerprint density at radius 2 is 2.20 bits per heavy atom. The molecule has 0 radical (unpaired) electrons. The van der Waals surface area contributed by atoms with E-state index in [4.69, 9.17) is 17.3 Å². The van der Waals surface area contributed by atoms with Gasteiger partial charge in [0.25, 0.3) is 0 Å². The van der Waals surface area contributed by atoms with Crippen LogP contribution in [0.2, 0.25) is 5.02 Å². The predicted molar refractivity (Wildman–Crippen MR) is 83.3 cm³/mol. The molecule has 0 aliphatic carbocycles. The van der Waals surface area contributed by atoms with E-state index >= 15 is 0 Å². The van der Waals surface area contributed by atoms with Crippen molar-refractivity contribution in [3.05, 3.63) is 40.2 Å². The molecule has 0 unspecified atom stereocenters. The number of benzene rings is 1. The van der Waals surface area contributed by atoms with Crippen molar-refractivity contribution in [1.82, 2.24) is 9.78 Å². The number of fused-ring (bicyclic) bond motifs is 1. The molecule has 0 amide bonds. The second-order valence-corrected chi connectivity index (χ2v) is 5.60. The Labute approximate surface area is 124 Å². The summed E-state index contributed by atoms with van der Waals surface area (Å²) in [5, 5.41) is 5.27. The third kappa shape index (κ3) is 2.14. The maximum absolute atomic E-state index is 6.39. The van der Waals surface area contributed by atoms with Crippen LogP contribution in [0.5, 0.6) is 0 Å². The van der Waals surface area contributed by atoms with Gasteiger partial charge in [-0.3, -0.25) is 4.68 Å². The highest BCUT2D eigenvalue weighted by molar-refractivity contribution is 6.31. The van der Waals surface area contributed by atoms with Gasteiger partial charge in [0.15, 0.2) is 0 Å². The van der Waals surface area contributed by atoms with E-state index in [0.717, 1.165) is 48.2 Å². The zero-order valence-electron chi connectivity index (χ0n) is 11.9. The first-order chi connectivity index (χ1) is 9.60. The molecule has 2 heterocycles. The standard InChI is InChI=1S/C15H19ClN4/c1-3-20-14(15(16)10(2)18-20)9-19-7-6-11-8-12(17)4-5-13(11)19/h4-5,8H,3,6-7,9,17H2,1-2H3. The number of nitrogen functional groups attached to an aromatic ring is 1.